The van der Waals surface area contributed by atoms with Crippen LogP contribution in [0.2, 0.25) is 0 Å². The molecule has 1 aromatic heterocycles. The Kier molecular flexibility index (Phi) is 4.22. The Bertz CT molecular complexity index is 1000. The number of amides is 1. The molecule has 5 heteroatoms. The number of H-pyrrole nitrogens is 1. The third kappa shape index (κ3) is 3.21. The van der Waals surface area contributed by atoms with Gasteiger partial charge in [0.05, 0.1) is 5.57 Å². The van der Waals surface area contributed by atoms with Gasteiger partial charge in [-0.15, -0.1) is 0 Å². The van der Waals surface area contributed by atoms with Crippen LogP contribution in [0.15, 0.2) is 48.5 Å². The number of carbonyl (C=O) groups excluding carboxylic acids is 1. The van der Waals surface area contributed by atoms with E-state index in [1.807, 2.05) is 68.7 Å². The number of hydrogen-bond donors (Lipinski definition) is 2. The van der Waals surface area contributed by atoms with E-state index in [-0.39, 0.29) is 5.91 Å². The van der Waals surface area contributed by atoms with E-state index in [9.17, 15) is 4.79 Å². The number of fused-ring (bicyclic) bond motifs is 2. The van der Waals surface area contributed by atoms with Crippen molar-refractivity contribution >= 4 is 34.1 Å². The van der Waals surface area contributed by atoms with Gasteiger partial charge in [-0.1, -0.05) is 18.2 Å². The van der Waals surface area contributed by atoms with Crippen molar-refractivity contribution in [2.75, 3.05) is 32.6 Å². The minimum absolute atomic E-state index is 0.0717. The highest BCUT2D eigenvalue weighted by Gasteiger charge is 2.23. The van der Waals surface area contributed by atoms with Crippen molar-refractivity contribution in [2.45, 2.75) is 0 Å². The van der Waals surface area contributed by atoms with Crippen LogP contribution >= 0.6 is 0 Å². The highest BCUT2D eigenvalue weighted by molar-refractivity contribution is 6.34. The summed E-state index contributed by atoms with van der Waals surface area (Å²) in [5.74, 6) is 0.777. The molecule has 0 radical (unpaired) electrons. The van der Waals surface area contributed by atoms with E-state index in [2.05, 4.69) is 15.2 Å². The summed E-state index contributed by atoms with van der Waals surface area (Å²) in [6.07, 6.45) is 1.90. The highest BCUT2D eigenvalue weighted by atomic mass is 16.5. The van der Waals surface area contributed by atoms with Crippen LogP contribution in [-0.2, 0) is 4.79 Å². The van der Waals surface area contributed by atoms with Crippen molar-refractivity contribution in [3.63, 3.8) is 0 Å². The number of carbonyl (C=O) groups is 1. The number of anilines is 1. The monoisotopic (exact) mass is 347 g/mol. The molecule has 0 saturated carbocycles. The number of hydrogen-bond acceptors (Lipinski definition) is 3. The molecule has 5 nitrogen and oxygen atoms in total. The van der Waals surface area contributed by atoms with E-state index in [0.29, 0.717) is 12.2 Å². The van der Waals surface area contributed by atoms with Gasteiger partial charge in [-0.3, -0.25) is 4.79 Å². The van der Waals surface area contributed by atoms with E-state index >= 15 is 0 Å². The van der Waals surface area contributed by atoms with E-state index in [0.717, 1.165) is 40.1 Å². The lowest BCUT2D eigenvalue weighted by atomic mass is 10.1. The van der Waals surface area contributed by atoms with Crippen LogP contribution in [0.4, 0.5) is 5.69 Å². The summed E-state index contributed by atoms with van der Waals surface area (Å²) in [5.41, 5.74) is 4.38. The zero-order chi connectivity index (χ0) is 18.1. The number of likely N-dealkylation sites (N-methyl/N-ethyl adjacent to an activating group) is 1. The maximum atomic E-state index is 12.3. The Morgan fingerprint density at radius 3 is 2.81 bits per heavy atom. The molecular weight excluding hydrogens is 326 g/mol. The lowest BCUT2D eigenvalue weighted by molar-refractivity contribution is -0.110. The van der Waals surface area contributed by atoms with Crippen molar-refractivity contribution < 1.29 is 9.53 Å². The zero-order valence-corrected chi connectivity index (χ0v) is 14.9. The summed E-state index contributed by atoms with van der Waals surface area (Å²) in [4.78, 5) is 17.7. The molecule has 0 aliphatic carbocycles. The molecule has 3 aromatic rings. The summed E-state index contributed by atoms with van der Waals surface area (Å²) < 4.78 is 5.80. The second-order valence-electron chi connectivity index (χ2n) is 6.68. The molecule has 26 heavy (non-hydrogen) atoms. The molecule has 0 unspecified atom stereocenters. The number of aromatic amines is 1. The normalized spacial score (nSPS) is 14.9. The third-order valence-corrected chi connectivity index (χ3v) is 4.43. The van der Waals surface area contributed by atoms with Crippen LogP contribution in [0.1, 0.15) is 11.3 Å². The first-order valence-corrected chi connectivity index (χ1v) is 8.63. The van der Waals surface area contributed by atoms with E-state index in [4.69, 9.17) is 4.74 Å². The first-order valence-electron chi connectivity index (χ1n) is 8.63. The molecule has 4 rings (SSSR count). The van der Waals surface area contributed by atoms with E-state index in [1.54, 1.807) is 0 Å². The zero-order valence-electron chi connectivity index (χ0n) is 14.9. The van der Waals surface area contributed by atoms with Gasteiger partial charge in [-0.2, -0.15) is 0 Å². The van der Waals surface area contributed by atoms with E-state index < -0.39 is 0 Å². The number of para-hydroxylation sites is 1. The summed E-state index contributed by atoms with van der Waals surface area (Å²) in [5, 5.41) is 3.96. The summed E-state index contributed by atoms with van der Waals surface area (Å²) in [6, 6.07) is 15.8. The van der Waals surface area contributed by atoms with Gasteiger partial charge in [0.25, 0.3) is 5.91 Å². The molecule has 2 heterocycles. The maximum Gasteiger partial charge on any atom is 0.256 e. The number of nitrogens with zero attached hydrogens (tertiary/aromatic N) is 1. The Labute approximate surface area is 152 Å². The molecule has 0 spiro atoms. The Balaban J connectivity index is 1.61. The maximum absolute atomic E-state index is 12.3. The first-order chi connectivity index (χ1) is 12.6. The standard InChI is InChI=1S/C21H21N3O2/c1-24(2)9-10-26-16-7-8-19-14(12-16)11-15(22-19)13-18-17-5-3-4-6-20(17)23-21(18)25/h3-8,11-13,22H,9-10H2,1-2H3,(H,23,25). The SMILES string of the molecule is CN(C)CCOc1ccc2[nH]c(C=C3C(=O)Nc4ccccc43)cc2c1. The van der Waals surface area contributed by atoms with Crippen LogP contribution < -0.4 is 10.1 Å². The Morgan fingerprint density at radius 1 is 1.12 bits per heavy atom. The van der Waals surface area contributed by atoms with Crippen LogP contribution in [0.3, 0.4) is 0 Å². The second-order valence-corrected chi connectivity index (χ2v) is 6.68. The predicted octanol–water partition coefficient (Wildman–Crippen LogP) is 3.60. The van der Waals surface area contributed by atoms with Gasteiger partial charge in [0.2, 0.25) is 0 Å². The van der Waals surface area contributed by atoms with Gasteiger partial charge in [0, 0.05) is 34.4 Å². The third-order valence-electron chi connectivity index (χ3n) is 4.43. The van der Waals surface area contributed by atoms with Crippen molar-refractivity contribution in [3.05, 3.63) is 59.8 Å². The number of ether oxygens (including phenoxy) is 1. The molecule has 132 valence electrons. The van der Waals surface area contributed by atoms with Crippen LogP contribution in [0.5, 0.6) is 5.75 Å². The minimum atomic E-state index is -0.0717. The van der Waals surface area contributed by atoms with Gasteiger partial charge in [-0.05, 0) is 50.5 Å². The van der Waals surface area contributed by atoms with Crippen molar-refractivity contribution in [1.82, 2.24) is 9.88 Å². The molecule has 1 aliphatic heterocycles. The smallest absolute Gasteiger partial charge is 0.256 e. The van der Waals surface area contributed by atoms with Crippen molar-refractivity contribution in [1.29, 1.82) is 0 Å². The van der Waals surface area contributed by atoms with Crippen LogP contribution in [0.25, 0.3) is 22.6 Å². The summed E-state index contributed by atoms with van der Waals surface area (Å²) in [6.45, 7) is 1.52. The fourth-order valence-corrected chi connectivity index (χ4v) is 3.08. The molecule has 0 atom stereocenters. The predicted molar refractivity (Wildman–Crippen MR) is 105 cm³/mol. The second kappa shape index (κ2) is 6.69. The average molecular weight is 347 g/mol. The molecule has 1 aliphatic rings. The number of nitrogens with one attached hydrogen (secondary N) is 2. The first kappa shape index (κ1) is 16.4. The number of aromatic nitrogens is 1. The molecule has 2 aromatic carbocycles. The highest BCUT2D eigenvalue weighted by Crippen LogP contribution is 2.33. The van der Waals surface area contributed by atoms with Crippen molar-refractivity contribution in [3.8, 4) is 5.75 Å². The molecular formula is C21H21N3O2. The fourth-order valence-electron chi connectivity index (χ4n) is 3.08. The molecule has 0 bridgehead atoms. The average Bonchev–Trinajstić information content (AvgIpc) is 3.15. The van der Waals surface area contributed by atoms with Crippen LogP contribution in [0, 0.1) is 0 Å². The summed E-state index contributed by atoms with van der Waals surface area (Å²) >= 11 is 0. The number of benzene rings is 2. The van der Waals surface area contributed by atoms with Crippen LogP contribution in [-0.4, -0.2) is 43.0 Å². The molecule has 0 fully saturated rings. The lowest BCUT2D eigenvalue weighted by Crippen LogP contribution is -2.19. The summed E-state index contributed by atoms with van der Waals surface area (Å²) in [7, 11) is 4.05. The Hall–Kier alpha value is -3.05. The van der Waals surface area contributed by atoms with Gasteiger partial charge >= 0.3 is 0 Å². The van der Waals surface area contributed by atoms with E-state index in [1.165, 1.54) is 0 Å². The van der Waals surface area contributed by atoms with Crippen molar-refractivity contribution in [2.24, 2.45) is 0 Å². The lowest BCUT2D eigenvalue weighted by Gasteiger charge is -2.10. The molecule has 1 amide bonds. The number of rotatable bonds is 5. The Morgan fingerprint density at radius 2 is 1.96 bits per heavy atom. The van der Waals surface area contributed by atoms with Gasteiger partial charge in [0.15, 0.2) is 0 Å². The fraction of sp³-hybridized carbons (Fsp3) is 0.190. The molecule has 2 N–H and O–H groups in total. The van der Waals surface area contributed by atoms with Gasteiger partial charge in [-0.25, -0.2) is 0 Å². The topological polar surface area (TPSA) is 57.4 Å². The quantitative estimate of drug-likeness (QED) is 0.693. The largest absolute Gasteiger partial charge is 0.492 e. The van der Waals surface area contributed by atoms with Gasteiger partial charge in [0.1, 0.15) is 12.4 Å². The van der Waals surface area contributed by atoms with Gasteiger partial charge < -0.3 is 19.9 Å². The minimum Gasteiger partial charge on any atom is -0.492 e. The molecule has 0 saturated heterocycles.